The first-order valence-electron chi connectivity index (χ1n) is 10.9. The monoisotopic (exact) mass is 496 g/mol. The van der Waals surface area contributed by atoms with Crippen LogP contribution in [0.5, 0.6) is 0 Å². The van der Waals surface area contributed by atoms with Crippen molar-refractivity contribution in [3.05, 3.63) is 70.4 Å². The number of hydrogen-bond donors (Lipinski definition) is 1. The topological polar surface area (TPSA) is 106 Å². The van der Waals surface area contributed by atoms with Crippen LogP contribution in [0.25, 0.3) is 11.6 Å². The Kier molecular flexibility index (Phi) is 6.79. The number of aromatic nitrogens is 4. The molecule has 0 unspecified atom stereocenters. The van der Waals surface area contributed by atoms with Crippen LogP contribution in [0.15, 0.2) is 58.3 Å². The van der Waals surface area contributed by atoms with Gasteiger partial charge in [0.15, 0.2) is 5.76 Å². The number of hydrogen-bond acceptors (Lipinski definition) is 7. The van der Waals surface area contributed by atoms with Crippen LogP contribution in [-0.4, -0.2) is 37.6 Å². The van der Waals surface area contributed by atoms with Crippen molar-refractivity contribution in [3.63, 3.8) is 0 Å². The van der Waals surface area contributed by atoms with Crippen molar-refractivity contribution in [2.45, 2.75) is 45.8 Å². The molecule has 0 aliphatic heterocycles. The van der Waals surface area contributed by atoms with Crippen molar-refractivity contribution in [1.29, 1.82) is 0 Å². The molecule has 0 aliphatic carbocycles. The van der Waals surface area contributed by atoms with E-state index in [9.17, 15) is 14.0 Å². The summed E-state index contributed by atoms with van der Waals surface area (Å²) in [7, 11) is 0. The van der Waals surface area contributed by atoms with Crippen LogP contribution in [0.3, 0.4) is 0 Å². The van der Waals surface area contributed by atoms with E-state index >= 15 is 0 Å². The Morgan fingerprint density at radius 3 is 2.51 bits per heavy atom. The van der Waals surface area contributed by atoms with E-state index in [0.717, 1.165) is 4.80 Å². The predicted octanol–water partition coefficient (Wildman–Crippen LogP) is 4.13. The maximum absolute atomic E-state index is 13.7. The smallest absolute Gasteiger partial charge is 0.251 e. The molecule has 3 aromatic heterocycles. The third-order valence-corrected chi connectivity index (χ3v) is 5.81. The van der Waals surface area contributed by atoms with Gasteiger partial charge >= 0.3 is 0 Å². The minimum atomic E-state index is -0.983. The lowest BCUT2D eigenvalue weighted by Gasteiger charge is -2.33. The molecule has 182 valence electrons. The van der Waals surface area contributed by atoms with Crippen LogP contribution in [0.1, 0.15) is 37.5 Å². The molecule has 0 aliphatic rings. The van der Waals surface area contributed by atoms with Gasteiger partial charge in [0.25, 0.3) is 5.91 Å². The van der Waals surface area contributed by atoms with E-state index < -0.39 is 23.3 Å². The van der Waals surface area contributed by atoms with Crippen LogP contribution in [-0.2, 0) is 16.1 Å². The Balaban J connectivity index is 1.70. The molecule has 1 N–H and O–H groups in total. The minimum absolute atomic E-state index is 0.236. The number of tetrazole rings is 1. The largest absolute Gasteiger partial charge is 0.458 e. The second-order valence-corrected chi connectivity index (χ2v) is 9.93. The Morgan fingerprint density at radius 2 is 1.91 bits per heavy atom. The van der Waals surface area contributed by atoms with E-state index in [1.807, 2.05) is 26.2 Å². The molecular formula is C24H25FN6O3S. The summed E-state index contributed by atoms with van der Waals surface area (Å²) in [6.45, 7) is 7.08. The number of nitrogens with zero attached hydrogens (tertiary/aromatic N) is 5. The molecule has 11 heteroatoms. The van der Waals surface area contributed by atoms with Crippen LogP contribution in [0, 0.1) is 12.7 Å². The third-order valence-electron chi connectivity index (χ3n) is 4.88. The van der Waals surface area contributed by atoms with Gasteiger partial charge in [-0.3, -0.25) is 14.5 Å². The Labute approximate surface area is 205 Å². The van der Waals surface area contributed by atoms with E-state index in [4.69, 9.17) is 4.42 Å². The SMILES string of the molecule is Cc1ccc(-c2nnn(CC(=O)N(c3ccc(F)cc3)[C@H](C(=O)NC(C)(C)C)c3cccs3)n2)o1. The Bertz CT molecular complexity index is 1310. The summed E-state index contributed by atoms with van der Waals surface area (Å²) < 4.78 is 19.2. The fourth-order valence-corrected chi connectivity index (χ4v) is 4.27. The van der Waals surface area contributed by atoms with Gasteiger partial charge in [-0.2, -0.15) is 4.80 Å². The van der Waals surface area contributed by atoms with Crippen molar-refractivity contribution in [3.8, 4) is 11.6 Å². The fourth-order valence-electron chi connectivity index (χ4n) is 3.46. The summed E-state index contributed by atoms with van der Waals surface area (Å²) in [5, 5.41) is 17.0. The van der Waals surface area contributed by atoms with Crippen LogP contribution >= 0.6 is 11.3 Å². The third kappa shape index (κ3) is 5.80. The Hall–Kier alpha value is -3.86. The molecule has 1 atom stereocenters. The molecule has 0 saturated heterocycles. The van der Waals surface area contributed by atoms with E-state index in [0.29, 0.717) is 22.1 Å². The molecular weight excluding hydrogens is 471 g/mol. The minimum Gasteiger partial charge on any atom is -0.458 e. The number of rotatable bonds is 7. The normalized spacial score (nSPS) is 12.4. The summed E-state index contributed by atoms with van der Waals surface area (Å²) >= 11 is 1.35. The first kappa shape index (κ1) is 24.3. The van der Waals surface area contributed by atoms with Crippen molar-refractivity contribution >= 4 is 28.8 Å². The number of benzene rings is 1. The average molecular weight is 497 g/mol. The number of furan rings is 1. The van der Waals surface area contributed by atoms with Crippen LogP contribution in [0.4, 0.5) is 10.1 Å². The summed E-state index contributed by atoms with van der Waals surface area (Å²) in [6, 6.07) is 11.5. The van der Waals surface area contributed by atoms with Gasteiger partial charge in [-0.15, -0.1) is 21.5 Å². The lowest BCUT2D eigenvalue weighted by molar-refractivity contribution is -0.128. The molecule has 2 amide bonds. The van der Waals surface area contributed by atoms with Gasteiger partial charge in [0, 0.05) is 16.1 Å². The predicted molar refractivity (Wildman–Crippen MR) is 129 cm³/mol. The van der Waals surface area contributed by atoms with E-state index in [-0.39, 0.29) is 18.3 Å². The van der Waals surface area contributed by atoms with E-state index in [1.165, 1.54) is 40.5 Å². The molecule has 0 saturated carbocycles. The molecule has 0 radical (unpaired) electrons. The standard InChI is InChI=1S/C24H25FN6O3S/c1-15-7-12-18(34-15)22-27-29-30(28-22)14-20(32)31(17-10-8-16(25)9-11-17)21(19-6-5-13-35-19)23(33)26-24(2,3)4/h5-13,21H,14H2,1-4H3,(H,26,33)/t21-/m0/s1. The number of nitrogens with one attached hydrogen (secondary N) is 1. The molecule has 4 rings (SSSR count). The molecule has 9 nitrogen and oxygen atoms in total. The number of anilines is 1. The molecule has 0 fully saturated rings. The highest BCUT2D eigenvalue weighted by molar-refractivity contribution is 7.10. The highest BCUT2D eigenvalue weighted by Gasteiger charge is 2.35. The zero-order chi connectivity index (χ0) is 25.2. The molecule has 4 aromatic rings. The maximum Gasteiger partial charge on any atom is 0.251 e. The highest BCUT2D eigenvalue weighted by Crippen LogP contribution is 2.31. The van der Waals surface area contributed by atoms with Gasteiger partial charge in [0.05, 0.1) is 0 Å². The Morgan fingerprint density at radius 1 is 1.17 bits per heavy atom. The van der Waals surface area contributed by atoms with Gasteiger partial charge in [-0.25, -0.2) is 4.39 Å². The zero-order valence-electron chi connectivity index (χ0n) is 19.7. The summed E-state index contributed by atoms with van der Waals surface area (Å²) in [4.78, 5) is 30.2. The molecule has 1 aromatic carbocycles. The van der Waals surface area contributed by atoms with Crippen LogP contribution in [0.2, 0.25) is 0 Å². The van der Waals surface area contributed by atoms with Crippen LogP contribution < -0.4 is 10.2 Å². The van der Waals surface area contributed by atoms with Gasteiger partial charge in [-0.05, 0) is 80.8 Å². The number of carbonyl (C=O) groups excluding carboxylic acids is 2. The van der Waals surface area contributed by atoms with Crippen molar-refractivity contribution in [2.75, 3.05) is 4.90 Å². The zero-order valence-corrected chi connectivity index (χ0v) is 20.5. The van der Waals surface area contributed by atoms with Gasteiger partial charge in [-0.1, -0.05) is 6.07 Å². The summed E-state index contributed by atoms with van der Waals surface area (Å²) in [5.74, 6) is 0.0644. The second-order valence-electron chi connectivity index (χ2n) is 8.95. The quantitative estimate of drug-likeness (QED) is 0.412. The summed E-state index contributed by atoms with van der Waals surface area (Å²) in [5.41, 5.74) is -0.172. The van der Waals surface area contributed by atoms with Gasteiger partial charge in [0.2, 0.25) is 11.7 Å². The first-order valence-corrected chi connectivity index (χ1v) is 11.8. The van der Waals surface area contributed by atoms with Crippen molar-refractivity contribution < 1.29 is 18.4 Å². The number of halogens is 1. The van der Waals surface area contributed by atoms with Gasteiger partial charge in [0.1, 0.15) is 24.2 Å². The number of thiophene rings is 1. The average Bonchev–Trinajstić information content (AvgIpc) is 3.53. The molecule has 0 bridgehead atoms. The lowest BCUT2D eigenvalue weighted by Crippen LogP contribution is -2.50. The maximum atomic E-state index is 13.7. The fraction of sp³-hybridized carbons (Fsp3) is 0.292. The number of aryl methyl sites for hydroxylation is 1. The van der Waals surface area contributed by atoms with Gasteiger partial charge < -0.3 is 9.73 Å². The number of carbonyl (C=O) groups is 2. The highest BCUT2D eigenvalue weighted by atomic mass is 32.1. The summed E-state index contributed by atoms with van der Waals surface area (Å²) in [6.07, 6.45) is 0. The molecule has 3 heterocycles. The van der Waals surface area contributed by atoms with E-state index in [1.54, 1.807) is 31.2 Å². The van der Waals surface area contributed by atoms with E-state index in [2.05, 4.69) is 20.7 Å². The number of amides is 2. The van der Waals surface area contributed by atoms with Crippen molar-refractivity contribution in [1.82, 2.24) is 25.5 Å². The molecule has 35 heavy (non-hydrogen) atoms. The first-order chi connectivity index (χ1) is 16.6. The molecule has 0 spiro atoms. The lowest BCUT2D eigenvalue weighted by atomic mass is 10.1. The van der Waals surface area contributed by atoms with Crippen molar-refractivity contribution in [2.24, 2.45) is 0 Å². The second kappa shape index (κ2) is 9.79.